The quantitative estimate of drug-likeness (QED) is 0.0154. The van der Waals surface area contributed by atoms with Crippen molar-refractivity contribution < 1.29 is 71.4 Å². The van der Waals surface area contributed by atoms with Crippen molar-refractivity contribution in [1.82, 2.24) is 9.55 Å². The van der Waals surface area contributed by atoms with Gasteiger partial charge in [-0.1, -0.05) is 129 Å². The predicted molar refractivity (Wildman–Crippen MR) is 290 cm³/mol. The highest BCUT2D eigenvalue weighted by Gasteiger charge is 2.46. The van der Waals surface area contributed by atoms with E-state index < -0.39 is 83.7 Å². The lowest BCUT2D eigenvalue weighted by molar-refractivity contribution is -0.161. The predicted octanol–water partition coefficient (Wildman–Crippen LogP) is 9.97. The van der Waals surface area contributed by atoms with Crippen molar-refractivity contribution >= 4 is 33.4 Å². The second-order valence-electron chi connectivity index (χ2n) is 17.6. The Bertz CT molecular complexity index is 2200. The van der Waals surface area contributed by atoms with Crippen LogP contribution in [-0.4, -0.2) is 96.9 Å². The molecule has 2 heterocycles. The molecule has 0 radical (unpaired) electrons. The molecule has 75 heavy (non-hydrogen) atoms. The van der Waals surface area contributed by atoms with Crippen molar-refractivity contribution in [3.8, 4) is 0 Å². The smallest absolute Gasteiger partial charge is 0.462 e. The van der Waals surface area contributed by atoms with E-state index in [-0.39, 0.29) is 24.8 Å². The normalized spacial score (nSPS) is 20.1. The molecule has 0 spiro atoms. The van der Waals surface area contributed by atoms with Crippen molar-refractivity contribution in [2.45, 2.75) is 173 Å². The summed E-state index contributed by atoms with van der Waals surface area (Å²) in [7, 11) is -10.9. The third-order valence-corrected chi connectivity index (χ3v) is 13.5. The molecule has 1 aliphatic rings. The van der Waals surface area contributed by atoms with Gasteiger partial charge in [0, 0.05) is 19.0 Å². The zero-order valence-electron chi connectivity index (χ0n) is 43.7. The summed E-state index contributed by atoms with van der Waals surface area (Å²) in [5, 5.41) is 30.2. The zero-order valence-corrected chi connectivity index (χ0v) is 45.4. The highest BCUT2D eigenvalue weighted by molar-refractivity contribution is 7.61. The van der Waals surface area contributed by atoms with Gasteiger partial charge in [0.2, 0.25) is 0 Å². The SMILES string of the molecule is CCCCC/C=C\C/C=C\C/C=C\C/C=C\C/C=C\CCC(=O)OC[C@H](COP(=O)(O)OP(=O)(O)OC[C@H]1O[C@@H](n2ccc(N)nc2=O)[C@H](O)[C@@H]1O)OC(=O)CCC/C=C\C/C=C\C/C=C\C/C=C\CCC[C@H](C)O. The van der Waals surface area contributed by atoms with E-state index in [1.807, 2.05) is 36.5 Å². The average molecular weight is 1090 g/mol. The number of aliphatic hydroxyl groups excluding tert-OH is 3. The molecule has 21 heteroatoms. The summed E-state index contributed by atoms with van der Waals surface area (Å²) in [5.41, 5.74) is 4.57. The van der Waals surface area contributed by atoms with Crippen LogP contribution < -0.4 is 11.4 Å². The number of esters is 2. The lowest BCUT2D eigenvalue weighted by Crippen LogP contribution is -2.36. The molecule has 7 N–H and O–H groups in total. The van der Waals surface area contributed by atoms with Gasteiger partial charge in [0.1, 0.15) is 30.7 Å². The van der Waals surface area contributed by atoms with Gasteiger partial charge in [-0.15, -0.1) is 0 Å². The number of hydrogen-bond donors (Lipinski definition) is 6. The molecular weight excluding hydrogens is 1010 g/mol. The molecule has 1 aliphatic heterocycles. The summed E-state index contributed by atoms with van der Waals surface area (Å²) in [6, 6.07) is 1.24. The standard InChI is InChI=1S/C54H83N3O16P2/c1-3-4-5-6-7-8-9-10-11-12-13-14-17-20-23-26-29-32-35-38-49(59)68-42-46(71-50(60)39-36-33-30-27-24-21-18-15-16-19-22-25-28-31-34-37-45(2)58)43-69-74(64,65)73-75(66,67)70-44-47-51(61)52(62)53(72-47)57-41-40-48(55)56-54(57)63/h7-8,10-11,13-14,16,18-21,23,25,27-30,32,40-41,45-47,51-53,58,61-62H,3-6,9,12,15,17,22,24,26,31,33-39,42-44H2,1-2H3,(H,64,65)(H,66,67)(H2,55,56,63)/b8-7-,11-10-,14-13-,19-16-,21-18-,23-20-,28-25-,30-27-,32-29-/t45-,46+,47+,51+,52+,53+/m0/s1. The van der Waals surface area contributed by atoms with Gasteiger partial charge in [-0.05, 0) is 109 Å². The lowest BCUT2D eigenvalue weighted by Gasteiger charge is -2.21. The fourth-order valence-corrected chi connectivity index (χ4v) is 8.95. The van der Waals surface area contributed by atoms with E-state index in [1.54, 1.807) is 6.92 Å². The minimum atomic E-state index is -5.46. The first-order chi connectivity index (χ1) is 36.0. The summed E-state index contributed by atoms with van der Waals surface area (Å²) >= 11 is 0. The molecule has 0 aromatic carbocycles. The number of unbranched alkanes of at least 4 members (excludes halogenated alkanes) is 5. The van der Waals surface area contributed by atoms with Gasteiger partial charge in [0.25, 0.3) is 0 Å². The van der Waals surface area contributed by atoms with Crippen LogP contribution in [-0.2, 0) is 46.3 Å². The molecule has 0 amide bonds. The fraction of sp³-hybridized carbons (Fsp3) is 0.556. The molecule has 0 bridgehead atoms. The van der Waals surface area contributed by atoms with Gasteiger partial charge in [0.15, 0.2) is 12.3 Å². The first kappa shape index (κ1) is 66.5. The molecule has 2 rings (SSSR count). The summed E-state index contributed by atoms with van der Waals surface area (Å²) in [6.45, 7) is 1.54. The largest absolute Gasteiger partial charge is 0.481 e. The van der Waals surface area contributed by atoms with Gasteiger partial charge in [-0.25, -0.2) is 13.9 Å². The number of hydrogen-bond acceptors (Lipinski definition) is 16. The van der Waals surface area contributed by atoms with Crippen LogP contribution in [0.25, 0.3) is 0 Å². The topological polar surface area (TPSA) is 286 Å². The van der Waals surface area contributed by atoms with E-state index in [4.69, 9.17) is 29.0 Å². The number of aliphatic hydroxyl groups is 3. The third kappa shape index (κ3) is 33.9. The van der Waals surface area contributed by atoms with Crippen molar-refractivity contribution in [3.63, 3.8) is 0 Å². The Labute approximate surface area is 443 Å². The Balaban J connectivity index is 1.86. The van der Waals surface area contributed by atoms with E-state index in [9.17, 15) is 48.6 Å². The number of nitrogens with two attached hydrogens (primary N) is 1. The highest BCUT2D eigenvalue weighted by Crippen LogP contribution is 2.60. The number of carbonyl (C=O) groups excluding carboxylic acids is 2. The Morgan fingerprint density at radius 3 is 1.71 bits per heavy atom. The highest BCUT2D eigenvalue weighted by atomic mass is 31.3. The maximum atomic E-state index is 12.9. The second kappa shape index (κ2) is 40.6. The molecule has 8 atom stereocenters. The van der Waals surface area contributed by atoms with Crippen LogP contribution in [0.1, 0.15) is 142 Å². The number of phosphoric acid groups is 2. The van der Waals surface area contributed by atoms with Gasteiger partial charge >= 0.3 is 33.3 Å². The lowest BCUT2D eigenvalue weighted by atomic mass is 10.1. The van der Waals surface area contributed by atoms with Crippen molar-refractivity contribution in [2.75, 3.05) is 25.6 Å². The summed E-state index contributed by atoms with van der Waals surface area (Å²) in [4.78, 5) is 61.9. The van der Waals surface area contributed by atoms with E-state index in [2.05, 4.69) is 89.1 Å². The Hall–Kier alpha value is -4.62. The minimum Gasteiger partial charge on any atom is -0.462 e. The number of nitrogen functional groups attached to an aromatic ring is 1. The van der Waals surface area contributed by atoms with Crippen LogP contribution in [0.4, 0.5) is 5.82 Å². The van der Waals surface area contributed by atoms with Gasteiger partial charge in [-0.2, -0.15) is 9.29 Å². The number of aromatic nitrogens is 2. The Morgan fingerprint density at radius 1 is 0.693 bits per heavy atom. The van der Waals surface area contributed by atoms with Crippen molar-refractivity contribution in [1.29, 1.82) is 0 Å². The van der Waals surface area contributed by atoms with Crippen molar-refractivity contribution in [2.24, 2.45) is 0 Å². The van der Waals surface area contributed by atoms with Crippen LogP contribution in [0.15, 0.2) is 126 Å². The van der Waals surface area contributed by atoms with Crippen LogP contribution >= 0.6 is 15.6 Å². The van der Waals surface area contributed by atoms with E-state index in [0.717, 1.165) is 68.6 Å². The van der Waals surface area contributed by atoms with Crippen LogP contribution in [0.2, 0.25) is 0 Å². The average Bonchev–Trinajstić information content (AvgIpc) is 3.64. The number of ether oxygens (including phenoxy) is 3. The van der Waals surface area contributed by atoms with Crippen LogP contribution in [0.3, 0.4) is 0 Å². The maximum Gasteiger partial charge on any atom is 0.481 e. The molecular formula is C54H83N3O16P2. The van der Waals surface area contributed by atoms with E-state index >= 15 is 0 Å². The Kier molecular flexibility index (Phi) is 36.0. The molecule has 1 aromatic heterocycles. The molecule has 1 fully saturated rings. The maximum absolute atomic E-state index is 12.9. The van der Waals surface area contributed by atoms with Gasteiger partial charge < -0.3 is 45.1 Å². The molecule has 0 saturated carbocycles. The number of carbonyl (C=O) groups is 2. The number of phosphoric ester groups is 2. The van der Waals surface area contributed by atoms with E-state index in [1.165, 1.54) is 25.3 Å². The monoisotopic (exact) mass is 1090 g/mol. The number of nitrogens with zero attached hydrogens (tertiary/aromatic N) is 2. The van der Waals surface area contributed by atoms with Gasteiger partial charge in [-0.3, -0.25) is 23.2 Å². The molecule has 0 aliphatic carbocycles. The van der Waals surface area contributed by atoms with Gasteiger partial charge in [0.05, 0.1) is 19.3 Å². The minimum absolute atomic E-state index is 0.0211. The molecule has 420 valence electrons. The fourth-order valence-electron chi connectivity index (χ4n) is 6.84. The summed E-state index contributed by atoms with van der Waals surface area (Å²) in [6.07, 6.45) is 44.6. The zero-order chi connectivity index (χ0) is 55.0. The third-order valence-electron chi connectivity index (χ3n) is 10.9. The number of anilines is 1. The van der Waals surface area contributed by atoms with E-state index in [0.29, 0.717) is 32.1 Å². The Morgan fingerprint density at radius 2 is 1.19 bits per heavy atom. The molecule has 1 aromatic rings. The molecule has 19 nitrogen and oxygen atoms in total. The first-order valence-electron chi connectivity index (χ1n) is 25.9. The van der Waals surface area contributed by atoms with Crippen LogP contribution in [0.5, 0.6) is 0 Å². The van der Waals surface area contributed by atoms with Crippen LogP contribution in [0, 0.1) is 0 Å². The molecule has 2 unspecified atom stereocenters. The number of allylic oxidation sites excluding steroid dienone is 18. The second-order valence-corrected chi connectivity index (χ2v) is 20.6. The summed E-state index contributed by atoms with van der Waals surface area (Å²) in [5.74, 6) is -1.50. The number of rotatable bonds is 41. The first-order valence-corrected chi connectivity index (χ1v) is 28.9. The molecule has 1 saturated heterocycles. The van der Waals surface area contributed by atoms with Crippen molar-refractivity contribution in [3.05, 3.63) is 132 Å². The summed E-state index contributed by atoms with van der Waals surface area (Å²) < 4.78 is 56.6.